The summed E-state index contributed by atoms with van der Waals surface area (Å²) in [7, 11) is 1.53. The average molecular weight is 454 g/mol. The van der Waals surface area contributed by atoms with Crippen LogP contribution in [0.2, 0.25) is 5.02 Å². The van der Waals surface area contributed by atoms with E-state index in [9.17, 15) is 18.0 Å². The molecule has 0 radical (unpaired) electrons. The number of hydrogen-bond donors (Lipinski definition) is 1. The van der Waals surface area contributed by atoms with E-state index in [2.05, 4.69) is 10.3 Å². The van der Waals surface area contributed by atoms with Crippen LogP contribution in [0.1, 0.15) is 23.7 Å². The number of fused-ring (bicyclic) bond motifs is 1. The van der Waals surface area contributed by atoms with Crippen molar-refractivity contribution < 1.29 is 27.4 Å². The van der Waals surface area contributed by atoms with E-state index in [1.807, 2.05) is 18.2 Å². The highest BCUT2D eigenvalue weighted by molar-refractivity contribution is 6.33. The van der Waals surface area contributed by atoms with Gasteiger partial charge >= 0.3 is 12.1 Å². The number of alkyl halides is 3. The summed E-state index contributed by atoms with van der Waals surface area (Å²) in [6, 6.07) is 8.03. The van der Waals surface area contributed by atoms with Gasteiger partial charge in [0.15, 0.2) is 5.65 Å². The summed E-state index contributed by atoms with van der Waals surface area (Å²) in [5, 5.41) is 2.63. The van der Waals surface area contributed by atoms with Crippen LogP contribution in [0.15, 0.2) is 36.5 Å². The summed E-state index contributed by atoms with van der Waals surface area (Å²) in [4.78, 5) is 16.1. The molecule has 0 aliphatic rings. The van der Waals surface area contributed by atoms with E-state index in [-0.39, 0.29) is 35.3 Å². The van der Waals surface area contributed by atoms with Gasteiger partial charge in [0.1, 0.15) is 23.8 Å². The normalized spacial score (nSPS) is 11.8. The Morgan fingerprint density at radius 3 is 2.71 bits per heavy atom. The van der Waals surface area contributed by atoms with E-state index in [1.54, 1.807) is 25.1 Å². The first-order valence-corrected chi connectivity index (χ1v) is 9.61. The van der Waals surface area contributed by atoms with Crippen LogP contribution < -0.4 is 10.1 Å². The largest absolute Gasteiger partial charge is 0.496 e. The standard InChI is InChI=1S/C21H19ClF3N3O3/c1-3-31-18(29)11-26-20-16(9-8-13-6-4-5-7-17(13)30-2)27-19-15(22)10-14(12-28(19)20)21(23,24)25/h4-10,12,26H,3,11H2,1-2H3/b9-8+. The molecule has 1 N–H and O–H groups in total. The number of anilines is 1. The molecule has 2 heterocycles. The molecule has 0 saturated carbocycles. The Bertz CT molecular complexity index is 1130. The first kappa shape index (κ1) is 22.5. The molecule has 31 heavy (non-hydrogen) atoms. The van der Waals surface area contributed by atoms with E-state index in [1.165, 1.54) is 11.5 Å². The van der Waals surface area contributed by atoms with Crippen LogP contribution in [-0.4, -0.2) is 35.6 Å². The van der Waals surface area contributed by atoms with Gasteiger partial charge in [0.25, 0.3) is 0 Å². The molecule has 3 aromatic rings. The monoisotopic (exact) mass is 453 g/mol. The van der Waals surface area contributed by atoms with Crippen molar-refractivity contribution in [3.63, 3.8) is 0 Å². The lowest BCUT2D eigenvalue weighted by Gasteiger charge is -2.11. The third-order valence-corrected chi connectivity index (χ3v) is 4.57. The first-order valence-electron chi connectivity index (χ1n) is 9.24. The maximum absolute atomic E-state index is 13.3. The van der Waals surface area contributed by atoms with E-state index in [4.69, 9.17) is 21.1 Å². The number of ether oxygens (including phenoxy) is 2. The molecule has 6 nitrogen and oxygen atoms in total. The predicted octanol–water partition coefficient (Wildman–Crippen LogP) is 5.16. The van der Waals surface area contributed by atoms with Gasteiger partial charge in [-0.15, -0.1) is 0 Å². The first-order chi connectivity index (χ1) is 14.7. The zero-order valence-electron chi connectivity index (χ0n) is 16.7. The molecule has 164 valence electrons. The Morgan fingerprint density at radius 1 is 1.29 bits per heavy atom. The zero-order chi connectivity index (χ0) is 22.6. The van der Waals surface area contributed by atoms with Gasteiger partial charge in [-0.05, 0) is 31.2 Å². The predicted molar refractivity (Wildman–Crippen MR) is 112 cm³/mol. The number of hydrogen-bond acceptors (Lipinski definition) is 5. The lowest BCUT2D eigenvalue weighted by atomic mass is 10.2. The number of nitrogens with zero attached hydrogens (tertiary/aromatic N) is 2. The van der Waals surface area contributed by atoms with Gasteiger partial charge < -0.3 is 14.8 Å². The summed E-state index contributed by atoms with van der Waals surface area (Å²) in [5.74, 6) is 0.221. The zero-order valence-corrected chi connectivity index (χ0v) is 17.4. The highest BCUT2D eigenvalue weighted by atomic mass is 35.5. The van der Waals surface area contributed by atoms with Gasteiger partial charge in [0.05, 0.1) is 24.3 Å². The number of carbonyl (C=O) groups is 1. The fraction of sp³-hybridized carbons (Fsp3) is 0.238. The fourth-order valence-electron chi connectivity index (χ4n) is 2.91. The molecule has 0 fully saturated rings. The minimum absolute atomic E-state index is 0.112. The second-order valence-electron chi connectivity index (χ2n) is 6.35. The van der Waals surface area contributed by atoms with E-state index >= 15 is 0 Å². The minimum atomic E-state index is -4.60. The third-order valence-electron chi connectivity index (χ3n) is 4.29. The van der Waals surface area contributed by atoms with Gasteiger partial charge in [-0.25, -0.2) is 4.98 Å². The number of imidazole rings is 1. The second kappa shape index (κ2) is 9.30. The molecule has 3 rings (SSSR count). The van der Waals surface area contributed by atoms with E-state index in [0.29, 0.717) is 5.75 Å². The number of aromatic nitrogens is 2. The molecule has 0 aliphatic carbocycles. The van der Waals surface area contributed by atoms with Gasteiger partial charge in [0, 0.05) is 11.8 Å². The van der Waals surface area contributed by atoms with E-state index in [0.717, 1.165) is 17.8 Å². The van der Waals surface area contributed by atoms with Crippen LogP contribution >= 0.6 is 11.6 Å². The second-order valence-corrected chi connectivity index (χ2v) is 6.75. The molecular weight excluding hydrogens is 435 g/mol. The van der Waals surface area contributed by atoms with Gasteiger partial charge in [0.2, 0.25) is 0 Å². The Kier molecular flexibility index (Phi) is 6.74. The van der Waals surface area contributed by atoms with Crippen LogP contribution in [0.25, 0.3) is 17.8 Å². The Labute approximate surface area is 181 Å². The molecule has 0 spiro atoms. The quantitative estimate of drug-likeness (QED) is 0.500. The Morgan fingerprint density at radius 2 is 2.03 bits per heavy atom. The van der Waals surface area contributed by atoms with Crippen molar-refractivity contribution in [2.75, 3.05) is 25.6 Å². The SMILES string of the molecule is CCOC(=O)CNc1c(/C=C/c2ccccc2OC)nc2c(Cl)cc(C(F)(F)F)cn12. The molecule has 0 amide bonds. The highest BCUT2D eigenvalue weighted by Crippen LogP contribution is 2.34. The van der Waals surface area contributed by atoms with Crippen molar-refractivity contribution in [3.05, 3.63) is 58.4 Å². The van der Waals surface area contributed by atoms with Crippen molar-refractivity contribution in [1.82, 2.24) is 9.38 Å². The number of para-hydroxylation sites is 1. The maximum Gasteiger partial charge on any atom is 0.417 e. The number of halogens is 4. The molecule has 0 unspecified atom stereocenters. The van der Waals surface area contributed by atoms with Gasteiger partial charge in [-0.1, -0.05) is 29.8 Å². The van der Waals surface area contributed by atoms with Crippen molar-refractivity contribution in [2.24, 2.45) is 0 Å². The summed E-state index contributed by atoms with van der Waals surface area (Å²) in [5.41, 5.74) is 0.194. The van der Waals surface area contributed by atoms with Gasteiger partial charge in [-0.2, -0.15) is 13.2 Å². The van der Waals surface area contributed by atoms with E-state index < -0.39 is 17.7 Å². The van der Waals surface area contributed by atoms with Gasteiger partial charge in [-0.3, -0.25) is 9.20 Å². The lowest BCUT2D eigenvalue weighted by molar-refractivity contribution is -0.141. The Hall–Kier alpha value is -3.20. The summed E-state index contributed by atoms with van der Waals surface area (Å²) >= 11 is 6.08. The van der Waals surface area contributed by atoms with Crippen molar-refractivity contribution >= 4 is 41.2 Å². The third kappa shape index (κ3) is 5.11. The highest BCUT2D eigenvalue weighted by Gasteiger charge is 2.32. The topological polar surface area (TPSA) is 64.9 Å². The van der Waals surface area contributed by atoms with Crippen LogP contribution in [0, 0.1) is 0 Å². The number of rotatable bonds is 7. The molecule has 10 heteroatoms. The van der Waals surface area contributed by atoms with Crippen LogP contribution in [0.4, 0.5) is 19.0 Å². The fourth-order valence-corrected chi connectivity index (χ4v) is 3.16. The van der Waals surface area contributed by atoms with Crippen molar-refractivity contribution in [1.29, 1.82) is 0 Å². The molecule has 1 aromatic carbocycles. The number of pyridine rings is 1. The molecule has 2 aromatic heterocycles. The number of esters is 1. The van der Waals surface area contributed by atoms with Crippen molar-refractivity contribution in [2.45, 2.75) is 13.1 Å². The smallest absolute Gasteiger partial charge is 0.417 e. The minimum Gasteiger partial charge on any atom is -0.496 e. The number of benzene rings is 1. The number of nitrogens with one attached hydrogen (secondary N) is 1. The molecular formula is C21H19ClF3N3O3. The molecule has 0 atom stereocenters. The van der Waals surface area contributed by atoms with Crippen LogP contribution in [0.5, 0.6) is 5.75 Å². The molecule has 0 bridgehead atoms. The average Bonchev–Trinajstić information content (AvgIpc) is 3.08. The molecule has 0 saturated heterocycles. The summed E-state index contributed by atoms with van der Waals surface area (Å²) in [6.45, 7) is 1.58. The number of carbonyl (C=O) groups excluding carboxylic acids is 1. The Balaban J connectivity index is 2.10. The maximum atomic E-state index is 13.3. The van der Waals surface area contributed by atoms with Crippen LogP contribution in [0.3, 0.4) is 0 Å². The van der Waals surface area contributed by atoms with Crippen LogP contribution in [-0.2, 0) is 15.7 Å². The number of methoxy groups -OCH3 is 1. The summed E-state index contributed by atoms with van der Waals surface area (Å²) < 4.78 is 51.2. The molecule has 0 aliphatic heterocycles. The van der Waals surface area contributed by atoms with Crippen molar-refractivity contribution in [3.8, 4) is 5.75 Å². The summed E-state index contributed by atoms with van der Waals surface area (Å²) in [6.07, 6.45) is -0.424. The lowest BCUT2D eigenvalue weighted by Crippen LogP contribution is -2.18.